The lowest BCUT2D eigenvalue weighted by Gasteiger charge is -2.32. The number of rotatable bonds is 13. The normalized spacial score (nSPS) is 12.0. The summed E-state index contributed by atoms with van der Waals surface area (Å²) in [5, 5.41) is 3.48. The van der Waals surface area contributed by atoms with Gasteiger partial charge in [0.25, 0.3) is 10.0 Å². The molecule has 0 radical (unpaired) electrons. The average Bonchev–Trinajstić information content (AvgIpc) is 2.96. The molecule has 0 spiro atoms. The third-order valence-electron chi connectivity index (χ3n) is 6.96. The Morgan fingerprint density at radius 2 is 1.48 bits per heavy atom. The predicted octanol–water partition coefficient (Wildman–Crippen LogP) is 6.01. The zero-order valence-electron chi connectivity index (χ0n) is 26.0. The van der Waals surface area contributed by atoms with Gasteiger partial charge in [0.1, 0.15) is 12.6 Å². The Balaban J connectivity index is 2.13. The minimum atomic E-state index is -4.33. The van der Waals surface area contributed by atoms with Crippen LogP contribution in [0.1, 0.15) is 37.5 Å². The Labute approximate surface area is 270 Å². The summed E-state index contributed by atoms with van der Waals surface area (Å²) in [5.41, 5.74) is 2.34. The SMILES string of the molecule is COc1ccc(S(=O)(=O)N(CC(=O)N(Cc2c(Cl)cccc2Cl)C(C)C(=O)NCC(C)C)c2cc(C)cc(C)c2)cc1OC. The van der Waals surface area contributed by atoms with Crippen molar-refractivity contribution in [3.05, 3.63) is 81.3 Å². The Morgan fingerprint density at radius 1 is 0.886 bits per heavy atom. The van der Waals surface area contributed by atoms with Crippen molar-refractivity contribution in [1.29, 1.82) is 0 Å². The van der Waals surface area contributed by atoms with Gasteiger partial charge in [0.05, 0.1) is 24.8 Å². The Bertz CT molecular complexity index is 1570. The minimum absolute atomic E-state index is 0.106. The molecule has 238 valence electrons. The molecule has 0 fully saturated rings. The lowest BCUT2D eigenvalue weighted by molar-refractivity contribution is -0.139. The molecular formula is C32H39Cl2N3O6S. The molecule has 2 amide bonds. The Morgan fingerprint density at radius 3 is 2.02 bits per heavy atom. The molecule has 0 saturated carbocycles. The van der Waals surface area contributed by atoms with E-state index in [1.54, 1.807) is 37.3 Å². The lowest BCUT2D eigenvalue weighted by Crippen LogP contribution is -2.51. The molecule has 0 saturated heterocycles. The van der Waals surface area contributed by atoms with Crippen LogP contribution in [0.4, 0.5) is 5.69 Å². The van der Waals surface area contributed by atoms with Gasteiger partial charge in [0.2, 0.25) is 11.8 Å². The largest absolute Gasteiger partial charge is 0.493 e. The number of amides is 2. The summed E-state index contributed by atoms with van der Waals surface area (Å²) in [6.45, 7) is 8.85. The van der Waals surface area contributed by atoms with Gasteiger partial charge < -0.3 is 19.7 Å². The third-order valence-corrected chi connectivity index (χ3v) is 9.44. The summed E-state index contributed by atoms with van der Waals surface area (Å²) in [6.07, 6.45) is 0. The molecule has 0 aromatic heterocycles. The fourth-order valence-electron chi connectivity index (χ4n) is 4.62. The molecule has 0 aliphatic rings. The number of ether oxygens (including phenoxy) is 2. The van der Waals surface area contributed by atoms with Crippen LogP contribution in [0.2, 0.25) is 10.0 Å². The quantitative estimate of drug-likeness (QED) is 0.240. The van der Waals surface area contributed by atoms with E-state index in [1.807, 2.05) is 33.8 Å². The average molecular weight is 665 g/mol. The van der Waals surface area contributed by atoms with E-state index in [4.69, 9.17) is 32.7 Å². The van der Waals surface area contributed by atoms with E-state index in [2.05, 4.69) is 5.32 Å². The van der Waals surface area contributed by atoms with Crippen LogP contribution >= 0.6 is 23.2 Å². The summed E-state index contributed by atoms with van der Waals surface area (Å²) in [6, 6.07) is 13.5. The molecule has 1 N–H and O–H groups in total. The molecule has 3 aromatic carbocycles. The van der Waals surface area contributed by atoms with Crippen LogP contribution in [0.25, 0.3) is 0 Å². The van der Waals surface area contributed by atoms with Gasteiger partial charge in [-0.3, -0.25) is 13.9 Å². The highest BCUT2D eigenvalue weighted by atomic mass is 35.5. The summed E-state index contributed by atoms with van der Waals surface area (Å²) in [5.74, 6) is -0.275. The summed E-state index contributed by atoms with van der Waals surface area (Å²) >= 11 is 12.9. The molecule has 1 atom stereocenters. The molecule has 3 rings (SSSR count). The fourth-order valence-corrected chi connectivity index (χ4v) is 6.55. The van der Waals surface area contributed by atoms with Gasteiger partial charge in [0.15, 0.2) is 11.5 Å². The van der Waals surface area contributed by atoms with Crippen molar-refractivity contribution < 1.29 is 27.5 Å². The zero-order chi connectivity index (χ0) is 32.8. The number of carbonyl (C=O) groups excluding carboxylic acids is 2. The number of carbonyl (C=O) groups is 2. The van der Waals surface area contributed by atoms with E-state index >= 15 is 0 Å². The number of benzene rings is 3. The summed E-state index contributed by atoms with van der Waals surface area (Å²) in [7, 11) is -1.48. The number of nitrogens with one attached hydrogen (secondary N) is 1. The Kier molecular flexibility index (Phi) is 11.9. The van der Waals surface area contributed by atoms with Crippen molar-refractivity contribution in [2.24, 2.45) is 5.92 Å². The second-order valence-corrected chi connectivity index (χ2v) is 13.6. The molecule has 0 bridgehead atoms. The predicted molar refractivity (Wildman–Crippen MR) is 174 cm³/mol. The second-order valence-electron chi connectivity index (χ2n) is 10.9. The van der Waals surface area contributed by atoms with Crippen LogP contribution in [0.5, 0.6) is 11.5 Å². The van der Waals surface area contributed by atoms with Crippen molar-refractivity contribution in [1.82, 2.24) is 10.2 Å². The van der Waals surface area contributed by atoms with Gasteiger partial charge in [-0.1, -0.05) is 49.2 Å². The first kappa shape index (κ1) is 35.0. The molecule has 12 heteroatoms. The summed E-state index contributed by atoms with van der Waals surface area (Å²) in [4.78, 5) is 28.6. The summed E-state index contributed by atoms with van der Waals surface area (Å²) < 4.78 is 40.2. The number of hydrogen-bond donors (Lipinski definition) is 1. The maximum atomic E-state index is 14.3. The second kappa shape index (κ2) is 15.0. The molecule has 3 aromatic rings. The number of hydrogen-bond acceptors (Lipinski definition) is 6. The first-order valence-electron chi connectivity index (χ1n) is 14.0. The highest BCUT2D eigenvalue weighted by Crippen LogP contribution is 2.33. The third kappa shape index (κ3) is 8.37. The number of methoxy groups -OCH3 is 2. The van der Waals surface area contributed by atoms with Gasteiger partial charge in [0, 0.05) is 34.8 Å². The minimum Gasteiger partial charge on any atom is -0.493 e. The molecule has 0 aliphatic carbocycles. The number of nitrogens with zero attached hydrogens (tertiary/aromatic N) is 2. The van der Waals surface area contributed by atoms with Gasteiger partial charge in [-0.2, -0.15) is 0 Å². The number of halogens is 2. The molecule has 0 heterocycles. The van der Waals surface area contributed by atoms with Crippen LogP contribution in [-0.4, -0.2) is 58.5 Å². The highest BCUT2D eigenvalue weighted by molar-refractivity contribution is 7.92. The van der Waals surface area contributed by atoms with E-state index in [-0.39, 0.29) is 23.1 Å². The van der Waals surface area contributed by atoms with E-state index in [0.717, 1.165) is 15.4 Å². The first-order valence-corrected chi connectivity index (χ1v) is 16.2. The van der Waals surface area contributed by atoms with Crippen LogP contribution in [0, 0.1) is 19.8 Å². The van der Waals surface area contributed by atoms with Crippen LogP contribution in [0.15, 0.2) is 59.5 Å². The van der Waals surface area contributed by atoms with Crippen LogP contribution < -0.4 is 19.1 Å². The zero-order valence-corrected chi connectivity index (χ0v) is 28.3. The Hall–Kier alpha value is -3.47. The van der Waals surface area contributed by atoms with Gasteiger partial charge in [-0.25, -0.2) is 8.42 Å². The monoisotopic (exact) mass is 663 g/mol. The van der Waals surface area contributed by atoms with Crippen molar-refractivity contribution in [2.75, 3.05) is 31.6 Å². The lowest BCUT2D eigenvalue weighted by atomic mass is 10.1. The van der Waals surface area contributed by atoms with Gasteiger partial charge >= 0.3 is 0 Å². The highest BCUT2D eigenvalue weighted by Gasteiger charge is 2.34. The maximum Gasteiger partial charge on any atom is 0.264 e. The van der Waals surface area contributed by atoms with Crippen molar-refractivity contribution >= 4 is 50.7 Å². The van der Waals surface area contributed by atoms with Gasteiger partial charge in [-0.15, -0.1) is 0 Å². The first-order chi connectivity index (χ1) is 20.7. The molecule has 9 nitrogen and oxygen atoms in total. The van der Waals surface area contributed by atoms with Crippen LogP contribution in [-0.2, 0) is 26.2 Å². The van der Waals surface area contributed by atoms with Crippen LogP contribution in [0.3, 0.4) is 0 Å². The molecule has 44 heavy (non-hydrogen) atoms. The molecular weight excluding hydrogens is 625 g/mol. The maximum absolute atomic E-state index is 14.3. The number of sulfonamides is 1. The van der Waals surface area contributed by atoms with E-state index in [9.17, 15) is 18.0 Å². The fraction of sp³-hybridized carbons (Fsp3) is 0.375. The smallest absolute Gasteiger partial charge is 0.264 e. The van der Waals surface area contributed by atoms with E-state index in [1.165, 1.54) is 37.3 Å². The van der Waals surface area contributed by atoms with Crippen molar-refractivity contribution in [2.45, 2.75) is 52.1 Å². The van der Waals surface area contributed by atoms with E-state index < -0.39 is 34.4 Å². The number of aryl methyl sites for hydroxylation is 2. The number of anilines is 1. The van der Waals surface area contributed by atoms with E-state index in [0.29, 0.717) is 33.6 Å². The van der Waals surface area contributed by atoms with Crippen molar-refractivity contribution in [3.63, 3.8) is 0 Å². The standard InChI is InChI=1S/C32H39Cl2N3O6S/c1-20(2)17-35-32(39)23(5)36(18-26-27(33)9-8-10-28(26)34)31(38)19-37(24-14-21(3)13-22(4)15-24)44(40,41)25-11-12-29(42-6)30(16-25)43-7/h8-16,20,23H,17-19H2,1-7H3,(H,35,39). The molecule has 1 unspecified atom stereocenters. The molecule has 0 aliphatic heterocycles. The topological polar surface area (TPSA) is 105 Å². The van der Waals surface area contributed by atoms with Crippen molar-refractivity contribution in [3.8, 4) is 11.5 Å². The van der Waals surface area contributed by atoms with Gasteiger partial charge in [-0.05, 0) is 74.2 Å².